The lowest BCUT2D eigenvalue weighted by molar-refractivity contribution is -0.119. The highest BCUT2D eigenvalue weighted by molar-refractivity contribution is 7.09. The van der Waals surface area contributed by atoms with Crippen LogP contribution >= 0.6 is 11.3 Å². The minimum Gasteiger partial charge on any atom is -0.379 e. The van der Waals surface area contributed by atoms with Crippen LogP contribution in [0.5, 0.6) is 0 Å². The molecule has 5 heteroatoms. The van der Waals surface area contributed by atoms with Crippen LogP contribution in [0, 0.1) is 0 Å². The second kappa shape index (κ2) is 7.94. The summed E-state index contributed by atoms with van der Waals surface area (Å²) in [5.74, 6) is -0.00206. The quantitative estimate of drug-likeness (QED) is 0.825. The summed E-state index contributed by atoms with van der Waals surface area (Å²) in [4.78, 5) is 15.9. The zero-order chi connectivity index (χ0) is 15.9. The smallest absolute Gasteiger partial charge is 0.226 e. The van der Waals surface area contributed by atoms with Crippen molar-refractivity contribution in [3.05, 3.63) is 45.4 Å². The molecule has 0 radical (unpaired) electrons. The Morgan fingerprint density at radius 1 is 1.27 bits per heavy atom. The van der Waals surface area contributed by atoms with E-state index in [1.54, 1.807) is 7.05 Å². The number of likely N-dealkylation sites (N-methyl/N-ethyl adjacent to an activating group) is 1. The summed E-state index contributed by atoms with van der Waals surface area (Å²) < 4.78 is 0. The van der Waals surface area contributed by atoms with Crippen LogP contribution in [0.1, 0.15) is 35.7 Å². The van der Waals surface area contributed by atoms with Gasteiger partial charge in [0.2, 0.25) is 5.91 Å². The van der Waals surface area contributed by atoms with Crippen LogP contribution in [-0.4, -0.2) is 17.9 Å². The van der Waals surface area contributed by atoms with Crippen molar-refractivity contribution < 1.29 is 4.79 Å². The Morgan fingerprint density at radius 2 is 2.09 bits per heavy atom. The zero-order valence-corrected chi connectivity index (χ0v) is 14.2. The molecule has 2 rings (SSSR count). The van der Waals surface area contributed by atoms with Gasteiger partial charge in [-0.25, -0.2) is 4.98 Å². The largest absolute Gasteiger partial charge is 0.379 e. The molecular formula is C17H23N3OS. The molecule has 0 atom stereocenters. The minimum atomic E-state index is -0.00206. The van der Waals surface area contributed by atoms with Crippen molar-refractivity contribution in [3.63, 3.8) is 0 Å². The number of hydrogen-bond donors (Lipinski definition) is 2. The number of nitrogens with zero attached hydrogens (tertiary/aromatic N) is 1. The third-order valence-electron chi connectivity index (χ3n) is 3.61. The van der Waals surface area contributed by atoms with Crippen molar-refractivity contribution in [2.24, 2.45) is 0 Å². The van der Waals surface area contributed by atoms with Gasteiger partial charge in [-0.1, -0.05) is 26.0 Å². The van der Waals surface area contributed by atoms with Crippen LogP contribution in [-0.2, 0) is 30.6 Å². The molecule has 0 aliphatic rings. The second-order valence-electron chi connectivity index (χ2n) is 5.13. The maximum atomic E-state index is 11.4. The van der Waals surface area contributed by atoms with Crippen molar-refractivity contribution in [3.8, 4) is 0 Å². The zero-order valence-electron chi connectivity index (χ0n) is 13.4. The SMILES string of the molecule is CCc1ccc(CC)c(NCc2csc(CC(=O)NC)n2)c1. The average Bonchev–Trinajstić information content (AvgIpc) is 2.99. The van der Waals surface area contributed by atoms with Gasteiger partial charge in [-0.15, -0.1) is 11.3 Å². The number of benzene rings is 1. The molecule has 0 bridgehead atoms. The molecule has 2 N–H and O–H groups in total. The van der Waals surface area contributed by atoms with E-state index in [1.807, 2.05) is 5.38 Å². The first-order chi connectivity index (χ1) is 10.7. The Morgan fingerprint density at radius 3 is 2.77 bits per heavy atom. The first kappa shape index (κ1) is 16.5. The summed E-state index contributed by atoms with van der Waals surface area (Å²) in [5.41, 5.74) is 4.81. The summed E-state index contributed by atoms with van der Waals surface area (Å²) in [7, 11) is 1.64. The predicted octanol–water partition coefficient (Wildman–Crippen LogP) is 3.17. The van der Waals surface area contributed by atoms with E-state index >= 15 is 0 Å². The highest BCUT2D eigenvalue weighted by Gasteiger charge is 2.07. The molecule has 22 heavy (non-hydrogen) atoms. The molecule has 1 aromatic carbocycles. The van der Waals surface area contributed by atoms with Gasteiger partial charge in [0, 0.05) is 18.1 Å². The third-order valence-corrected chi connectivity index (χ3v) is 4.51. The maximum absolute atomic E-state index is 11.4. The summed E-state index contributed by atoms with van der Waals surface area (Å²) in [6, 6.07) is 6.60. The van der Waals surface area contributed by atoms with Crippen LogP contribution in [0.4, 0.5) is 5.69 Å². The van der Waals surface area contributed by atoms with Crippen LogP contribution in [0.15, 0.2) is 23.6 Å². The van der Waals surface area contributed by atoms with Crippen LogP contribution in [0.3, 0.4) is 0 Å². The van der Waals surface area contributed by atoms with E-state index in [9.17, 15) is 4.79 Å². The highest BCUT2D eigenvalue weighted by Crippen LogP contribution is 2.20. The van der Waals surface area contributed by atoms with Crippen molar-refractivity contribution >= 4 is 22.9 Å². The van der Waals surface area contributed by atoms with E-state index in [-0.39, 0.29) is 5.91 Å². The van der Waals surface area contributed by atoms with Gasteiger partial charge in [0.25, 0.3) is 0 Å². The van der Waals surface area contributed by atoms with Crippen molar-refractivity contribution in [2.45, 2.75) is 39.7 Å². The molecule has 0 unspecified atom stereocenters. The molecule has 1 aromatic heterocycles. The van der Waals surface area contributed by atoms with Gasteiger partial charge in [0.15, 0.2) is 0 Å². The number of hydrogen-bond acceptors (Lipinski definition) is 4. The molecule has 1 amide bonds. The maximum Gasteiger partial charge on any atom is 0.226 e. The first-order valence-corrected chi connectivity index (χ1v) is 8.53. The standard InChI is InChI=1S/C17H23N3OS/c1-4-12-6-7-13(5-2)15(8-12)19-10-14-11-22-17(20-14)9-16(21)18-3/h6-8,11,19H,4-5,9-10H2,1-3H3,(H,18,21). The average molecular weight is 317 g/mol. The Bertz CT molecular complexity index is 637. The van der Waals surface area contributed by atoms with Gasteiger partial charge in [0.05, 0.1) is 18.7 Å². The van der Waals surface area contributed by atoms with Crippen molar-refractivity contribution in [1.82, 2.24) is 10.3 Å². The van der Waals surface area contributed by atoms with Gasteiger partial charge >= 0.3 is 0 Å². The number of anilines is 1. The summed E-state index contributed by atoms with van der Waals surface area (Å²) in [5, 5.41) is 8.97. The molecule has 1 heterocycles. The molecule has 4 nitrogen and oxygen atoms in total. The minimum absolute atomic E-state index is 0.00206. The van der Waals surface area contributed by atoms with Gasteiger partial charge in [-0.3, -0.25) is 4.79 Å². The van der Waals surface area contributed by atoms with Gasteiger partial charge in [-0.05, 0) is 30.0 Å². The van der Waals surface area contributed by atoms with E-state index in [1.165, 1.54) is 28.2 Å². The molecular weight excluding hydrogens is 294 g/mol. The van der Waals surface area contributed by atoms with Gasteiger partial charge < -0.3 is 10.6 Å². The van der Waals surface area contributed by atoms with Crippen molar-refractivity contribution in [2.75, 3.05) is 12.4 Å². The number of aromatic nitrogens is 1. The van der Waals surface area contributed by atoms with E-state index in [4.69, 9.17) is 0 Å². The number of carbonyl (C=O) groups is 1. The number of amides is 1. The Hall–Kier alpha value is -1.88. The number of carbonyl (C=O) groups excluding carboxylic acids is 1. The molecule has 118 valence electrons. The Balaban J connectivity index is 2.02. The van der Waals surface area contributed by atoms with E-state index in [2.05, 4.69) is 47.7 Å². The lowest BCUT2D eigenvalue weighted by atomic mass is 10.1. The number of aryl methyl sites for hydroxylation is 2. The number of nitrogens with one attached hydrogen (secondary N) is 2. The lowest BCUT2D eigenvalue weighted by Gasteiger charge is -2.11. The van der Waals surface area contributed by atoms with Crippen LogP contribution in [0.2, 0.25) is 0 Å². The molecule has 0 aliphatic carbocycles. The van der Waals surface area contributed by atoms with Gasteiger partial charge in [0.1, 0.15) is 5.01 Å². The molecule has 0 fully saturated rings. The third kappa shape index (κ3) is 4.31. The summed E-state index contributed by atoms with van der Waals surface area (Å²) >= 11 is 1.53. The number of thiazole rings is 1. The van der Waals surface area contributed by atoms with Crippen LogP contribution < -0.4 is 10.6 Å². The predicted molar refractivity (Wildman–Crippen MR) is 92.4 cm³/mol. The summed E-state index contributed by atoms with van der Waals surface area (Å²) in [6.45, 7) is 5.01. The molecule has 0 aliphatic heterocycles. The van der Waals surface area contributed by atoms with Gasteiger partial charge in [-0.2, -0.15) is 0 Å². The molecule has 0 saturated carbocycles. The van der Waals surface area contributed by atoms with Crippen molar-refractivity contribution in [1.29, 1.82) is 0 Å². The topological polar surface area (TPSA) is 54.0 Å². The first-order valence-electron chi connectivity index (χ1n) is 7.65. The molecule has 0 saturated heterocycles. The normalized spacial score (nSPS) is 10.5. The van der Waals surface area contributed by atoms with Crippen LogP contribution in [0.25, 0.3) is 0 Å². The molecule has 0 spiro atoms. The second-order valence-corrected chi connectivity index (χ2v) is 6.08. The van der Waals surface area contributed by atoms with E-state index < -0.39 is 0 Å². The fraction of sp³-hybridized carbons (Fsp3) is 0.412. The van der Waals surface area contributed by atoms with E-state index in [0.29, 0.717) is 13.0 Å². The number of rotatable bonds is 7. The summed E-state index contributed by atoms with van der Waals surface area (Å²) in [6.07, 6.45) is 2.39. The van der Waals surface area contributed by atoms with E-state index in [0.717, 1.165) is 23.5 Å². The lowest BCUT2D eigenvalue weighted by Crippen LogP contribution is -2.19. The fourth-order valence-corrected chi connectivity index (χ4v) is 3.03. The monoisotopic (exact) mass is 317 g/mol. The Kier molecular flexibility index (Phi) is 5.95. The molecule has 2 aromatic rings. The highest BCUT2D eigenvalue weighted by atomic mass is 32.1. The Labute approximate surface area is 136 Å². The fourth-order valence-electron chi connectivity index (χ4n) is 2.24.